The van der Waals surface area contributed by atoms with Gasteiger partial charge in [-0.25, -0.2) is 9.50 Å². The van der Waals surface area contributed by atoms with E-state index >= 15 is 0 Å². The Kier molecular flexibility index (Phi) is 5.39. The van der Waals surface area contributed by atoms with Gasteiger partial charge >= 0.3 is 5.97 Å². The second-order valence-electron chi connectivity index (χ2n) is 5.97. The first-order valence-corrected chi connectivity index (χ1v) is 8.36. The Hall–Kier alpha value is -3.69. The molecule has 2 aromatic heterocycles. The van der Waals surface area contributed by atoms with E-state index < -0.39 is 17.9 Å². The lowest BCUT2D eigenvalue weighted by atomic mass is 10.0. The van der Waals surface area contributed by atoms with E-state index in [2.05, 4.69) is 20.4 Å². The molecule has 0 saturated heterocycles. The van der Waals surface area contributed by atoms with Gasteiger partial charge in [-0.05, 0) is 30.7 Å². The summed E-state index contributed by atoms with van der Waals surface area (Å²) >= 11 is 0. The molecule has 0 fully saturated rings. The van der Waals surface area contributed by atoms with Crippen LogP contribution in [0.15, 0.2) is 30.5 Å². The van der Waals surface area contributed by atoms with Gasteiger partial charge in [-0.2, -0.15) is 4.98 Å². The molecular weight excluding hydrogens is 366 g/mol. The van der Waals surface area contributed by atoms with Crippen molar-refractivity contribution in [1.82, 2.24) is 24.9 Å². The summed E-state index contributed by atoms with van der Waals surface area (Å²) in [6, 6.07) is 5.85. The SMILES string of the molecule is COc1ccc(C(CC(=O)O)NC(=O)c2nc3nccc(C)n3n2)cc1OC. The number of aliphatic carboxylic acids is 1. The topological polar surface area (TPSA) is 128 Å². The monoisotopic (exact) mass is 385 g/mol. The Morgan fingerprint density at radius 3 is 2.61 bits per heavy atom. The molecule has 0 aliphatic heterocycles. The third-order valence-electron chi connectivity index (χ3n) is 4.13. The van der Waals surface area contributed by atoms with Crippen LogP contribution in [0.25, 0.3) is 5.78 Å². The highest BCUT2D eigenvalue weighted by Crippen LogP contribution is 2.31. The highest BCUT2D eigenvalue weighted by Gasteiger charge is 2.23. The number of carbonyl (C=O) groups is 2. The number of aromatic nitrogens is 4. The van der Waals surface area contributed by atoms with Gasteiger partial charge in [-0.1, -0.05) is 6.07 Å². The minimum absolute atomic E-state index is 0.0994. The van der Waals surface area contributed by atoms with Crippen molar-refractivity contribution in [2.24, 2.45) is 0 Å². The van der Waals surface area contributed by atoms with Gasteiger partial charge in [0.1, 0.15) is 0 Å². The quantitative estimate of drug-likeness (QED) is 0.624. The van der Waals surface area contributed by atoms with Crippen LogP contribution < -0.4 is 14.8 Å². The number of ether oxygens (including phenoxy) is 2. The van der Waals surface area contributed by atoms with Crippen molar-refractivity contribution in [3.8, 4) is 11.5 Å². The predicted molar refractivity (Wildman–Crippen MR) is 97.5 cm³/mol. The molecule has 10 heteroatoms. The number of nitrogens with one attached hydrogen (secondary N) is 1. The molecule has 3 rings (SSSR count). The summed E-state index contributed by atoms with van der Waals surface area (Å²) in [5.74, 6) is -0.569. The first kappa shape index (κ1) is 19.1. The number of hydrogen-bond acceptors (Lipinski definition) is 7. The normalized spacial score (nSPS) is 11.8. The first-order valence-electron chi connectivity index (χ1n) is 8.36. The van der Waals surface area contributed by atoms with Crippen molar-refractivity contribution in [1.29, 1.82) is 0 Å². The Bertz CT molecular complexity index is 1030. The number of fused-ring (bicyclic) bond motifs is 1. The standard InChI is InChI=1S/C18H19N5O5/c1-10-6-7-19-18-21-16(22-23(10)18)17(26)20-12(9-15(24)25)11-4-5-13(27-2)14(8-11)28-3/h4-8,12H,9H2,1-3H3,(H,20,26)(H,24,25). The van der Waals surface area contributed by atoms with E-state index in [1.807, 2.05) is 6.92 Å². The van der Waals surface area contributed by atoms with E-state index in [9.17, 15) is 14.7 Å². The fourth-order valence-corrected chi connectivity index (χ4v) is 2.72. The van der Waals surface area contributed by atoms with Crippen molar-refractivity contribution in [3.05, 3.63) is 47.5 Å². The first-order chi connectivity index (χ1) is 13.4. The molecule has 1 atom stereocenters. The van der Waals surface area contributed by atoms with E-state index in [0.29, 0.717) is 17.1 Å². The number of benzene rings is 1. The molecule has 0 saturated carbocycles. The van der Waals surface area contributed by atoms with Gasteiger partial charge in [0.2, 0.25) is 5.82 Å². The molecule has 0 bridgehead atoms. The van der Waals surface area contributed by atoms with Crippen LogP contribution in [0, 0.1) is 6.92 Å². The minimum atomic E-state index is -1.07. The Labute approximate surface area is 160 Å². The summed E-state index contributed by atoms with van der Waals surface area (Å²) in [7, 11) is 2.97. The summed E-state index contributed by atoms with van der Waals surface area (Å²) in [6.07, 6.45) is 1.24. The number of carboxylic acid groups (broad SMARTS) is 1. The molecule has 3 aromatic rings. The van der Waals surface area contributed by atoms with Crippen LogP contribution in [0.2, 0.25) is 0 Å². The predicted octanol–water partition coefficient (Wildman–Crippen LogP) is 1.40. The molecule has 1 aromatic carbocycles. The van der Waals surface area contributed by atoms with Gasteiger partial charge in [-0.15, -0.1) is 5.10 Å². The van der Waals surface area contributed by atoms with E-state index in [-0.39, 0.29) is 18.0 Å². The maximum absolute atomic E-state index is 12.6. The number of hydrogen-bond donors (Lipinski definition) is 2. The fraction of sp³-hybridized carbons (Fsp3) is 0.278. The minimum Gasteiger partial charge on any atom is -0.493 e. The maximum Gasteiger partial charge on any atom is 0.305 e. The van der Waals surface area contributed by atoms with E-state index in [4.69, 9.17) is 9.47 Å². The average Bonchev–Trinajstić information content (AvgIpc) is 3.12. The molecule has 0 radical (unpaired) electrons. The van der Waals surface area contributed by atoms with Crippen LogP contribution >= 0.6 is 0 Å². The van der Waals surface area contributed by atoms with Crippen LogP contribution in [0.3, 0.4) is 0 Å². The lowest BCUT2D eigenvalue weighted by molar-refractivity contribution is -0.137. The van der Waals surface area contributed by atoms with Gasteiger partial charge in [0.15, 0.2) is 11.5 Å². The van der Waals surface area contributed by atoms with E-state index in [1.165, 1.54) is 18.7 Å². The maximum atomic E-state index is 12.6. The molecule has 0 aliphatic carbocycles. The summed E-state index contributed by atoms with van der Waals surface area (Å²) in [4.78, 5) is 32.1. The number of aryl methyl sites for hydroxylation is 1. The van der Waals surface area contributed by atoms with Gasteiger partial charge in [0.25, 0.3) is 11.7 Å². The Morgan fingerprint density at radius 2 is 1.96 bits per heavy atom. The number of methoxy groups -OCH3 is 2. The van der Waals surface area contributed by atoms with Crippen LogP contribution in [0.4, 0.5) is 0 Å². The van der Waals surface area contributed by atoms with Gasteiger partial charge in [-0.3, -0.25) is 9.59 Å². The molecule has 146 valence electrons. The van der Waals surface area contributed by atoms with Gasteiger partial charge < -0.3 is 19.9 Å². The number of nitrogens with zero attached hydrogens (tertiary/aromatic N) is 4. The molecule has 1 unspecified atom stereocenters. The molecule has 0 spiro atoms. The number of amides is 1. The van der Waals surface area contributed by atoms with Gasteiger partial charge in [0.05, 0.1) is 26.7 Å². The van der Waals surface area contributed by atoms with Crippen LogP contribution in [0.5, 0.6) is 11.5 Å². The van der Waals surface area contributed by atoms with Crippen molar-refractivity contribution in [2.75, 3.05) is 14.2 Å². The lowest BCUT2D eigenvalue weighted by Crippen LogP contribution is -2.31. The summed E-state index contributed by atoms with van der Waals surface area (Å²) < 4.78 is 11.9. The van der Waals surface area contributed by atoms with Crippen LogP contribution in [-0.4, -0.2) is 50.8 Å². The molecule has 2 N–H and O–H groups in total. The largest absolute Gasteiger partial charge is 0.493 e. The smallest absolute Gasteiger partial charge is 0.305 e. The molecule has 10 nitrogen and oxygen atoms in total. The highest BCUT2D eigenvalue weighted by atomic mass is 16.5. The molecule has 28 heavy (non-hydrogen) atoms. The van der Waals surface area contributed by atoms with E-state index in [1.54, 1.807) is 30.5 Å². The number of carboxylic acids is 1. The van der Waals surface area contributed by atoms with Crippen molar-refractivity contribution < 1.29 is 24.2 Å². The zero-order valence-corrected chi connectivity index (χ0v) is 15.5. The van der Waals surface area contributed by atoms with Crippen molar-refractivity contribution >= 4 is 17.7 Å². The molecule has 1 amide bonds. The van der Waals surface area contributed by atoms with Crippen LogP contribution in [-0.2, 0) is 4.79 Å². The average molecular weight is 385 g/mol. The van der Waals surface area contributed by atoms with Crippen LogP contribution in [0.1, 0.15) is 34.3 Å². The number of carbonyl (C=O) groups excluding carboxylic acids is 1. The second kappa shape index (κ2) is 7.91. The third-order valence-corrected chi connectivity index (χ3v) is 4.13. The third kappa shape index (κ3) is 3.85. The van der Waals surface area contributed by atoms with E-state index in [0.717, 1.165) is 5.69 Å². The Morgan fingerprint density at radius 1 is 1.21 bits per heavy atom. The molecule has 0 aliphatic rings. The Balaban J connectivity index is 1.90. The molecular formula is C18H19N5O5. The summed E-state index contributed by atoms with van der Waals surface area (Å²) in [5.41, 5.74) is 1.31. The van der Waals surface area contributed by atoms with Crippen molar-refractivity contribution in [2.45, 2.75) is 19.4 Å². The molecule has 2 heterocycles. The lowest BCUT2D eigenvalue weighted by Gasteiger charge is -2.18. The summed E-state index contributed by atoms with van der Waals surface area (Å²) in [5, 5.41) is 16.1. The fourth-order valence-electron chi connectivity index (χ4n) is 2.72. The zero-order valence-electron chi connectivity index (χ0n) is 15.5. The highest BCUT2D eigenvalue weighted by molar-refractivity contribution is 5.91. The second-order valence-corrected chi connectivity index (χ2v) is 5.97. The van der Waals surface area contributed by atoms with Crippen molar-refractivity contribution in [3.63, 3.8) is 0 Å². The summed E-state index contributed by atoms with van der Waals surface area (Å²) in [6.45, 7) is 1.81. The van der Waals surface area contributed by atoms with Gasteiger partial charge in [0, 0.05) is 11.9 Å². The number of rotatable bonds is 7. The zero-order chi connectivity index (χ0) is 20.3.